The van der Waals surface area contributed by atoms with Crippen molar-refractivity contribution in [3.63, 3.8) is 0 Å². The van der Waals surface area contributed by atoms with Crippen molar-refractivity contribution in [1.29, 1.82) is 0 Å². The van der Waals surface area contributed by atoms with Gasteiger partial charge in [0.25, 0.3) is 5.91 Å². The number of alkyl halides is 3. The van der Waals surface area contributed by atoms with Gasteiger partial charge in [-0.25, -0.2) is 17.5 Å². The molecule has 1 aliphatic heterocycles. The molecule has 0 bridgehead atoms. The third-order valence-electron chi connectivity index (χ3n) is 6.78. The number of rotatable bonds is 6. The van der Waals surface area contributed by atoms with Crippen LogP contribution >= 0.6 is 0 Å². The minimum atomic E-state index is -4.93. The number of hydrogen-bond acceptors (Lipinski definition) is 6. The number of benzene rings is 1. The Morgan fingerprint density at radius 2 is 1.85 bits per heavy atom. The molecule has 1 aromatic carbocycles. The Balaban J connectivity index is 1.52. The van der Waals surface area contributed by atoms with Crippen LogP contribution < -0.4 is 0 Å². The SMILES string of the molecule is CCC(O)(c1cn(Cc2ccn3c(-c4ccc(F)cc4)c(C(=O)N4CCS(=O)(=O)C4)cc3c2)nn1)C(F)(F)F. The maximum absolute atomic E-state index is 13.6. The van der Waals surface area contributed by atoms with Crippen molar-refractivity contribution in [1.82, 2.24) is 24.3 Å². The van der Waals surface area contributed by atoms with Crippen molar-refractivity contribution >= 4 is 21.3 Å². The van der Waals surface area contributed by atoms with Crippen molar-refractivity contribution < 1.29 is 35.9 Å². The molecule has 5 rings (SSSR count). The van der Waals surface area contributed by atoms with E-state index in [1.807, 2.05) is 0 Å². The zero-order valence-electron chi connectivity index (χ0n) is 20.6. The Kier molecular flexibility index (Phi) is 6.50. The van der Waals surface area contributed by atoms with Crippen molar-refractivity contribution in [2.45, 2.75) is 31.7 Å². The van der Waals surface area contributed by atoms with Gasteiger partial charge in [-0.2, -0.15) is 13.2 Å². The van der Waals surface area contributed by atoms with E-state index in [2.05, 4.69) is 10.3 Å². The Hall–Kier alpha value is -3.78. The van der Waals surface area contributed by atoms with E-state index >= 15 is 0 Å². The van der Waals surface area contributed by atoms with Gasteiger partial charge in [0, 0.05) is 18.3 Å². The summed E-state index contributed by atoms with van der Waals surface area (Å²) in [6.07, 6.45) is -2.88. The summed E-state index contributed by atoms with van der Waals surface area (Å²) in [5, 5.41) is 17.4. The molecule has 4 heterocycles. The highest BCUT2D eigenvalue weighted by molar-refractivity contribution is 7.91. The number of pyridine rings is 1. The van der Waals surface area contributed by atoms with Crippen LogP contribution in [0.3, 0.4) is 0 Å². The zero-order valence-corrected chi connectivity index (χ0v) is 21.4. The van der Waals surface area contributed by atoms with Crippen LogP contribution in [0, 0.1) is 5.82 Å². The summed E-state index contributed by atoms with van der Waals surface area (Å²) >= 11 is 0. The van der Waals surface area contributed by atoms with Crippen LogP contribution in [0.2, 0.25) is 0 Å². The lowest BCUT2D eigenvalue weighted by Crippen LogP contribution is -2.42. The molecule has 0 spiro atoms. The van der Waals surface area contributed by atoms with E-state index in [9.17, 15) is 35.9 Å². The molecule has 1 N–H and O–H groups in total. The number of carbonyl (C=O) groups excluding carboxylic acids is 1. The first kappa shape index (κ1) is 26.8. The fraction of sp³-hybridized carbons (Fsp3) is 0.320. The molecular formula is C25H23F4N5O4S. The van der Waals surface area contributed by atoms with Gasteiger partial charge in [-0.1, -0.05) is 12.1 Å². The second kappa shape index (κ2) is 9.45. The summed E-state index contributed by atoms with van der Waals surface area (Å²) in [6, 6.07) is 10.5. The summed E-state index contributed by atoms with van der Waals surface area (Å²) in [5.74, 6) is -1.49. The lowest BCUT2D eigenvalue weighted by molar-refractivity contribution is -0.269. The minimum Gasteiger partial charge on any atom is -0.375 e. The predicted molar refractivity (Wildman–Crippen MR) is 132 cm³/mol. The number of sulfone groups is 1. The summed E-state index contributed by atoms with van der Waals surface area (Å²) < 4.78 is 80.6. The number of carbonyl (C=O) groups is 1. The van der Waals surface area contributed by atoms with E-state index in [1.165, 1.54) is 40.8 Å². The van der Waals surface area contributed by atoms with E-state index in [0.717, 1.165) is 6.20 Å². The van der Waals surface area contributed by atoms with Gasteiger partial charge in [-0.15, -0.1) is 5.10 Å². The van der Waals surface area contributed by atoms with Gasteiger partial charge in [-0.05, 0) is 60.0 Å². The third kappa shape index (κ3) is 4.89. The van der Waals surface area contributed by atoms with E-state index in [1.54, 1.807) is 28.8 Å². The van der Waals surface area contributed by atoms with Crippen LogP contribution in [-0.2, 0) is 22.0 Å². The summed E-state index contributed by atoms with van der Waals surface area (Å²) in [5.41, 5.74) is -1.41. The average molecular weight is 566 g/mol. The molecule has 206 valence electrons. The molecule has 1 fully saturated rings. The molecule has 0 saturated carbocycles. The van der Waals surface area contributed by atoms with Gasteiger partial charge in [0.2, 0.25) is 5.60 Å². The normalized spacial score (nSPS) is 17.0. The van der Waals surface area contributed by atoms with Gasteiger partial charge in [-0.3, -0.25) is 4.79 Å². The molecule has 39 heavy (non-hydrogen) atoms. The molecule has 4 aromatic rings. The van der Waals surface area contributed by atoms with Crippen LogP contribution in [0.15, 0.2) is 54.9 Å². The highest BCUT2D eigenvalue weighted by Gasteiger charge is 2.55. The number of aliphatic hydroxyl groups is 1. The summed E-state index contributed by atoms with van der Waals surface area (Å²) in [7, 11) is -3.38. The van der Waals surface area contributed by atoms with Crippen LogP contribution in [-0.4, -0.2) is 68.1 Å². The molecule has 1 amide bonds. The number of hydrogen-bond donors (Lipinski definition) is 1. The number of amides is 1. The number of fused-ring (bicyclic) bond motifs is 1. The molecule has 1 unspecified atom stereocenters. The zero-order chi connectivity index (χ0) is 28.2. The monoisotopic (exact) mass is 565 g/mol. The lowest BCUT2D eigenvalue weighted by Gasteiger charge is -2.26. The number of nitrogens with zero attached hydrogens (tertiary/aromatic N) is 5. The maximum atomic E-state index is 13.6. The van der Waals surface area contributed by atoms with Crippen LogP contribution in [0.5, 0.6) is 0 Å². The second-order valence-electron chi connectivity index (χ2n) is 9.40. The Bertz CT molecular complexity index is 1660. The molecular weight excluding hydrogens is 542 g/mol. The van der Waals surface area contributed by atoms with Crippen molar-refractivity contribution in [3.05, 3.63) is 77.5 Å². The second-order valence-corrected chi connectivity index (χ2v) is 11.6. The van der Waals surface area contributed by atoms with Crippen molar-refractivity contribution in [3.8, 4) is 11.3 Å². The molecule has 1 saturated heterocycles. The first-order chi connectivity index (χ1) is 18.3. The van der Waals surface area contributed by atoms with Gasteiger partial charge < -0.3 is 14.4 Å². The molecule has 14 heteroatoms. The van der Waals surface area contributed by atoms with Gasteiger partial charge in [0.15, 0.2) is 9.84 Å². The van der Waals surface area contributed by atoms with Gasteiger partial charge in [0.05, 0.1) is 29.8 Å². The quantitative estimate of drug-likeness (QED) is 0.359. The Labute approximate surface area is 220 Å². The molecule has 0 radical (unpaired) electrons. The largest absolute Gasteiger partial charge is 0.423 e. The van der Waals surface area contributed by atoms with Crippen LogP contribution in [0.4, 0.5) is 17.6 Å². The molecule has 1 aliphatic rings. The van der Waals surface area contributed by atoms with E-state index < -0.39 is 51.3 Å². The maximum Gasteiger partial charge on any atom is 0.423 e. The summed E-state index contributed by atoms with van der Waals surface area (Å²) in [6.45, 7) is 1.27. The molecule has 3 aromatic heterocycles. The van der Waals surface area contributed by atoms with Crippen molar-refractivity contribution in [2.75, 3.05) is 18.2 Å². The fourth-order valence-electron chi connectivity index (χ4n) is 4.61. The Morgan fingerprint density at radius 3 is 2.46 bits per heavy atom. The molecule has 9 nitrogen and oxygen atoms in total. The highest BCUT2D eigenvalue weighted by atomic mass is 32.2. The van der Waals surface area contributed by atoms with Crippen molar-refractivity contribution in [2.24, 2.45) is 0 Å². The summed E-state index contributed by atoms with van der Waals surface area (Å²) in [4.78, 5) is 14.6. The van der Waals surface area contributed by atoms with Crippen LogP contribution in [0.25, 0.3) is 16.8 Å². The smallest absolute Gasteiger partial charge is 0.375 e. The van der Waals surface area contributed by atoms with E-state index in [0.29, 0.717) is 22.3 Å². The van der Waals surface area contributed by atoms with E-state index in [4.69, 9.17) is 0 Å². The van der Waals surface area contributed by atoms with Gasteiger partial charge >= 0.3 is 6.18 Å². The minimum absolute atomic E-state index is 0.0197. The third-order valence-corrected chi connectivity index (χ3v) is 8.29. The predicted octanol–water partition coefficient (Wildman–Crippen LogP) is 3.37. The fourth-order valence-corrected chi connectivity index (χ4v) is 5.96. The number of aromatic nitrogens is 4. The average Bonchev–Trinajstić information content (AvgIpc) is 3.59. The van der Waals surface area contributed by atoms with E-state index in [-0.39, 0.29) is 24.4 Å². The highest BCUT2D eigenvalue weighted by Crippen LogP contribution is 2.40. The lowest BCUT2D eigenvalue weighted by atomic mass is 9.96. The standard InChI is InChI=1S/C25H23F4N5O4S/c1-2-24(36,25(27,28)29)21-14-33(31-30-21)13-16-7-8-34-19(11-16)12-20(22(34)17-3-5-18(26)6-4-17)23(35)32-9-10-39(37,38)15-32/h3-8,11-12,14,36H,2,9-10,13,15H2,1H3. The number of halogens is 4. The van der Waals surface area contributed by atoms with Gasteiger partial charge in [0.1, 0.15) is 17.4 Å². The first-order valence-corrected chi connectivity index (χ1v) is 13.7. The van der Waals surface area contributed by atoms with Crippen LogP contribution in [0.1, 0.15) is 35.0 Å². The molecule has 1 atom stereocenters. The topological polar surface area (TPSA) is 110 Å². The first-order valence-electron chi connectivity index (χ1n) is 11.9. The Morgan fingerprint density at radius 1 is 1.13 bits per heavy atom. The molecule has 0 aliphatic carbocycles.